The topological polar surface area (TPSA) is 37.7 Å². The van der Waals surface area contributed by atoms with Crippen LogP contribution in [-0.2, 0) is 0 Å². The largest absolute Gasteiger partial charge is 0.349 e. The number of nitrogens with zero attached hydrogens (tertiary/aromatic N) is 6. The zero-order valence-corrected chi connectivity index (χ0v) is 18.0. The predicted octanol–water partition coefficient (Wildman–Crippen LogP) is 2.68. The third-order valence-electron chi connectivity index (χ3n) is 3.92. The van der Waals surface area contributed by atoms with Gasteiger partial charge in [0.1, 0.15) is 0 Å². The molecular formula is C19H42N6. The van der Waals surface area contributed by atoms with E-state index in [9.17, 15) is 0 Å². The highest BCUT2D eigenvalue weighted by Crippen LogP contribution is 2.08. The molecule has 6 nitrogen and oxygen atoms in total. The van der Waals surface area contributed by atoms with E-state index in [-0.39, 0.29) is 0 Å². The molecule has 0 rings (SSSR count). The quantitative estimate of drug-likeness (QED) is 0.343. The first kappa shape index (κ1) is 23.5. The fraction of sp³-hybridized carbons (Fsp3) is 0.895. The zero-order valence-electron chi connectivity index (χ0n) is 18.0. The fourth-order valence-corrected chi connectivity index (χ4v) is 2.83. The van der Waals surface area contributed by atoms with E-state index in [1.54, 1.807) is 0 Å². The van der Waals surface area contributed by atoms with Crippen molar-refractivity contribution < 1.29 is 0 Å². The Morgan fingerprint density at radius 3 is 0.920 bits per heavy atom. The maximum absolute atomic E-state index is 4.67. The van der Waals surface area contributed by atoms with E-state index in [0.29, 0.717) is 0 Å². The van der Waals surface area contributed by atoms with Gasteiger partial charge in [-0.2, -0.15) is 0 Å². The van der Waals surface area contributed by atoms with Gasteiger partial charge in [-0.05, 0) is 12.8 Å². The van der Waals surface area contributed by atoms with Crippen LogP contribution in [-0.4, -0.2) is 101 Å². The maximum atomic E-state index is 4.67. The lowest BCUT2D eigenvalue weighted by atomic mass is 10.1. The van der Waals surface area contributed by atoms with E-state index < -0.39 is 0 Å². The summed E-state index contributed by atoms with van der Waals surface area (Å²) in [4.78, 5) is 17.6. The van der Waals surface area contributed by atoms with Crippen LogP contribution in [0, 0.1) is 0 Å². The van der Waals surface area contributed by atoms with Gasteiger partial charge in [-0.1, -0.05) is 32.1 Å². The van der Waals surface area contributed by atoms with Gasteiger partial charge in [0, 0.05) is 69.5 Å². The second-order valence-corrected chi connectivity index (χ2v) is 7.42. The summed E-state index contributed by atoms with van der Waals surface area (Å²) in [6.07, 6.45) is 8.89. The molecule has 0 aliphatic heterocycles. The number of hydrogen-bond acceptors (Lipinski definition) is 2. The van der Waals surface area contributed by atoms with E-state index in [1.807, 2.05) is 56.4 Å². The first-order valence-corrected chi connectivity index (χ1v) is 9.55. The Kier molecular flexibility index (Phi) is 13.0. The molecule has 0 aromatic rings. The first-order valence-electron chi connectivity index (χ1n) is 9.55. The molecule has 0 spiro atoms. The number of unbranched alkanes of at least 4 members (excludes halogenated alkanes) is 6. The van der Waals surface area contributed by atoms with E-state index in [0.717, 1.165) is 25.0 Å². The van der Waals surface area contributed by atoms with Crippen LogP contribution in [0.25, 0.3) is 0 Å². The fourth-order valence-electron chi connectivity index (χ4n) is 2.83. The minimum absolute atomic E-state index is 0.929. The second-order valence-electron chi connectivity index (χ2n) is 7.42. The van der Waals surface area contributed by atoms with Crippen molar-refractivity contribution in [3.8, 4) is 0 Å². The molecule has 0 aliphatic carbocycles. The van der Waals surface area contributed by atoms with Crippen molar-refractivity contribution >= 4 is 11.9 Å². The van der Waals surface area contributed by atoms with Crippen LogP contribution in [0.5, 0.6) is 0 Å². The third-order valence-corrected chi connectivity index (χ3v) is 3.92. The Labute approximate surface area is 156 Å². The van der Waals surface area contributed by atoms with Crippen molar-refractivity contribution in [2.45, 2.75) is 44.9 Å². The number of hydrogen-bond donors (Lipinski definition) is 0. The molecule has 0 unspecified atom stereocenters. The summed E-state index contributed by atoms with van der Waals surface area (Å²) in [6, 6.07) is 0. The number of rotatable bonds is 10. The monoisotopic (exact) mass is 354 g/mol. The van der Waals surface area contributed by atoms with Crippen molar-refractivity contribution in [2.75, 3.05) is 69.5 Å². The molecule has 0 radical (unpaired) electrons. The molecule has 0 fully saturated rings. The smallest absolute Gasteiger partial charge is 0.195 e. The molecule has 0 N–H and O–H groups in total. The highest BCUT2D eigenvalue weighted by molar-refractivity contribution is 5.79. The van der Waals surface area contributed by atoms with E-state index in [1.165, 1.54) is 44.9 Å². The molecule has 0 aliphatic rings. The van der Waals surface area contributed by atoms with Crippen LogP contribution in [0.3, 0.4) is 0 Å². The maximum Gasteiger partial charge on any atom is 0.195 e. The molecule has 0 amide bonds. The van der Waals surface area contributed by atoms with Crippen molar-refractivity contribution in [3.63, 3.8) is 0 Å². The Hall–Kier alpha value is -1.46. The van der Waals surface area contributed by atoms with Crippen molar-refractivity contribution in [1.29, 1.82) is 0 Å². The van der Waals surface area contributed by atoms with E-state index in [4.69, 9.17) is 0 Å². The molecule has 25 heavy (non-hydrogen) atoms. The second kappa shape index (κ2) is 13.8. The average Bonchev–Trinajstić information content (AvgIpc) is 2.50. The molecule has 0 atom stereocenters. The Balaban J connectivity index is 3.69. The summed E-state index contributed by atoms with van der Waals surface area (Å²) in [5.74, 6) is 2.10. The van der Waals surface area contributed by atoms with Gasteiger partial charge < -0.3 is 19.6 Å². The molecule has 0 bridgehead atoms. The molecule has 0 saturated heterocycles. The number of guanidine groups is 2. The van der Waals surface area contributed by atoms with Gasteiger partial charge in [-0.15, -0.1) is 0 Å². The van der Waals surface area contributed by atoms with Gasteiger partial charge in [0.2, 0.25) is 0 Å². The average molecular weight is 355 g/mol. The van der Waals surface area contributed by atoms with Gasteiger partial charge in [0.05, 0.1) is 0 Å². The summed E-state index contributed by atoms with van der Waals surface area (Å²) in [5, 5.41) is 0. The SMILES string of the molecule is CN(C)C(=NCCCCCCCCCN=C(N(C)C)N(C)C)N(C)C. The summed E-state index contributed by atoms with van der Waals surface area (Å²) in [6.45, 7) is 1.86. The number of aliphatic imine (C=N–C) groups is 2. The molecule has 0 aromatic heterocycles. The zero-order chi connectivity index (χ0) is 19.2. The normalized spacial score (nSPS) is 10.2. The van der Waals surface area contributed by atoms with Gasteiger partial charge in [0.25, 0.3) is 0 Å². The Bertz CT molecular complexity index is 329. The van der Waals surface area contributed by atoms with Crippen molar-refractivity contribution in [1.82, 2.24) is 19.6 Å². The molecule has 148 valence electrons. The highest BCUT2D eigenvalue weighted by Gasteiger charge is 2.03. The van der Waals surface area contributed by atoms with Gasteiger partial charge >= 0.3 is 0 Å². The van der Waals surface area contributed by atoms with Crippen LogP contribution in [0.15, 0.2) is 9.98 Å². The Morgan fingerprint density at radius 2 is 0.680 bits per heavy atom. The minimum atomic E-state index is 0.929. The van der Waals surface area contributed by atoms with E-state index in [2.05, 4.69) is 29.6 Å². The van der Waals surface area contributed by atoms with Crippen LogP contribution in [0.4, 0.5) is 0 Å². The van der Waals surface area contributed by atoms with Crippen LogP contribution >= 0.6 is 0 Å². The van der Waals surface area contributed by atoms with E-state index >= 15 is 0 Å². The van der Waals surface area contributed by atoms with Gasteiger partial charge in [-0.25, -0.2) is 0 Å². The summed E-state index contributed by atoms with van der Waals surface area (Å²) in [5.41, 5.74) is 0. The molecule has 0 aromatic carbocycles. The third kappa shape index (κ3) is 11.7. The molecular weight excluding hydrogens is 312 g/mol. The Morgan fingerprint density at radius 1 is 0.440 bits per heavy atom. The van der Waals surface area contributed by atoms with Crippen LogP contribution < -0.4 is 0 Å². The van der Waals surface area contributed by atoms with Crippen LogP contribution in [0.2, 0.25) is 0 Å². The molecule has 0 saturated carbocycles. The minimum Gasteiger partial charge on any atom is -0.349 e. The standard InChI is InChI=1S/C19H42N6/c1-22(2)18(23(3)4)20-16-14-12-10-9-11-13-15-17-21-19(24(5)6)25(7)8/h9-17H2,1-8H3. The van der Waals surface area contributed by atoms with Crippen LogP contribution in [0.1, 0.15) is 44.9 Å². The molecule has 6 heteroatoms. The first-order chi connectivity index (χ1) is 11.8. The van der Waals surface area contributed by atoms with Gasteiger partial charge in [0.15, 0.2) is 11.9 Å². The predicted molar refractivity (Wildman–Crippen MR) is 112 cm³/mol. The highest BCUT2D eigenvalue weighted by atomic mass is 15.3. The molecule has 0 heterocycles. The van der Waals surface area contributed by atoms with Crippen molar-refractivity contribution in [2.24, 2.45) is 9.98 Å². The lowest BCUT2D eigenvalue weighted by molar-refractivity contribution is 0.476. The van der Waals surface area contributed by atoms with Gasteiger partial charge in [-0.3, -0.25) is 9.98 Å². The summed E-state index contributed by atoms with van der Waals surface area (Å²) in [7, 11) is 16.4. The van der Waals surface area contributed by atoms with Crippen molar-refractivity contribution in [3.05, 3.63) is 0 Å². The summed E-state index contributed by atoms with van der Waals surface area (Å²) >= 11 is 0. The lowest BCUT2D eigenvalue weighted by Gasteiger charge is -2.22. The summed E-state index contributed by atoms with van der Waals surface area (Å²) < 4.78 is 0. The lowest BCUT2D eigenvalue weighted by Crippen LogP contribution is -2.35.